The molecule has 0 atom stereocenters. The lowest BCUT2D eigenvalue weighted by Crippen LogP contribution is -2.24. The largest absolute Gasteiger partial charge is 0.380 e. The molecule has 1 rings (SSSR count). The van der Waals surface area contributed by atoms with Gasteiger partial charge in [0.15, 0.2) is 0 Å². The lowest BCUT2D eigenvalue weighted by molar-refractivity contribution is 0.141. The maximum absolute atomic E-state index is 12.0. The van der Waals surface area contributed by atoms with E-state index in [2.05, 4.69) is 24.3 Å². The maximum atomic E-state index is 12.0. The van der Waals surface area contributed by atoms with Gasteiger partial charge >= 0.3 is 0 Å². The summed E-state index contributed by atoms with van der Waals surface area (Å²) in [5.74, 6) is 0. The Bertz CT molecular complexity index is 449. The zero-order chi connectivity index (χ0) is 14.8. The Labute approximate surface area is 125 Å². The van der Waals surface area contributed by atoms with E-state index in [4.69, 9.17) is 16.3 Å². The summed E-state index contributed by atoms with van der Waals surface area (Å²) in [6, 6.07) is 0. The molecule has 6 heteroatoms. The van der Waals surface area contributed by atoms with Gasteiger partial charge < -0.3 is 10.1 Å². The summed E-state index contributed by atoms with van der Waals surface area (Å²) < 4.78 is 6.84. The molecule has 5 nitrogen and oxygen atoms in total. The average Bonchev–Trinajstić information content (AvgIpc) is 2.46. The van der Waals surface area contributed by atoms with Crippen molar-refractivity contribution in [2.24, 2.45) is 0 Å². The number of ether oxygens (including phenoxy) is 1. The Balaban J connectivity index is 2.47. The van der Waals surface area contributed by atoms with Gasteiger partial charge in [0.2, 0.25) is 0 Å². The van der Waals surface area contributed by atoms with Gasteiger partial charge in [-0.25, -0.2) is 4.68 Å². The van der Waals surface area contributed by atoms with E-state index in [0.717, 1.165) is 32.3 Å². The molecule has 1 N–H and O–H groups in total. The smallest absolute Gasteiger partial charge is 0.287 e. The summed E-state index contributed by atoms with van der Waals surface area (Å²) in [7, 11) is 0. The van der Waals surface area contributed by atoms with Crippen LogP contribution in [0, 0.1) is 0 Å². The highest BCUT2D eigenvalue weighted by atomic mass is 35.5. The number of anilines is 1. The van der Waals surface area contributed by atoms with E-state index in [9.17, 15) is 4.79 Å². The van der Waals surface area contributed by atoms with Crippen molar-refractivity contribution >= 4 is 17.3 Å². The molecule has 1 aromatic rings. The third kappa shape index (κ3) is 5.51. The van der Waals surface area contributed by atoms with E-state index < -0.39 is 0 Å². The van der Waals surface area contributed by atoms with Gasteiger partial charge in [0.25, 0.3) is 5.56 Å². The Morgan fingerprint density at radius 2 is 2.05 bits per heavy atom. The highest BCUT2D eigenvalue weighted by molar-refractivity contribution is 6.32. The van der Waals surface area contributed by atoms with Crippen LogP contribution in [0.2, 0.25) is 5.02 Å². The number of aromatic nitrogens is 2. The second-order valence-electron chi connectivity index (χ2n) is 4.65. The van der Waals surface area contributed by atoms with Gasteiger partial charge in [-0.3, -0.25) is 4.79 Å². The van der Waals surface area contributed by atoms with Crippen LogP contribution in [0.4, 0.5) is 5.69 Å². The first-order valence-electron chi connectivity index (χ1n) is 7.27. The summed E-state index contributed by atoms with van der Waals surface area (Å²) in [6.07, 6.45) is 5.72. The van der Waals surface area contributed by atoms with Gasteiger partial charge in [-0.1, -0.05) is 38.3 Å². The maximum Gasteiger partial charge on any atom is 0.287 e. The first-order chi connectivity index (χ1) is 9.70. The number of nitrogens with zero attached hydrogens (tertiary/aromatic N) is 2. The topological polar surface area (TPSA) is 56.1 Å². The van der Waals surface area contributed by atoms with E-state index >= 15 is 0 Å². The normalized spacial score (nSPS) is 10.8. The number of halogens is 1. The average molecular weight is 302 g/mol. The number of nitrogens with one attached hydrogen (secondary N) is 1. The van der Waals surface area contributed by atoms with Crippen molar-refractivity contribution in [2.45, 2.75) is 46.1 Å². The minimum Gasteiger partial charge on any atom is -0.380 e. The molecule has 0 fully saturated rings. The molecule has 0 unspecified atom stereocenters. The van der Waals surface area contributed by atoms with E-state index in [1.54, 1.807) is 6.20 Å². The van der Waals surface area contributed by atoms with Crippen molar-refractivity contribution in [1.82, 2.24) is 9.78 Å². The highest BCUT2D eigenvalue weighted by Gasteiger charge is 2.08. The molecule has 0 aliphatic carbocycles. The van der Waals surface area contributed by atoms with Crippen LogP contribution in [0.3, 0.4) is 0 Å². The lowest BCUT2D eigenvalue weighted by Gasteiger charge is -2.10. The SMILES string of the molecule is CCCCOCCNc1cnn(CCCC)c(=O)c1Cl. The lowest BCUT2D eigenvalue weighted by atomic mass is 10.3. The molecule has 0 saturated carbocycles. The summed E-state index contributed by atoms with van der Waals surface area (Å²) in [6.45, 7) is 6.78. The number of hydrogen-bond acceptors (Lipinski definition) is 4. The molecule has 0 bridgehead atoms. The minimum absolute atomic E-state index is 0.199. The molecule has 0 amide bonds. The molecule has 0 aromatic carbocycles. The monoisotopic (exact) mass is 301 g/mol. The molecule has 114 valence electrons. The van der Waals surface area contributed by atoms with Crippen molar-refractivity contribution in [3.63, 3.8) is 0 Å². The Morgan fingerprint density at radius 3 is 2.75 bits per heavy atom. The number of unbranched alkanes of at least 4 members (excludes halogenated alkanes) is 2. The van der Waals surface area contributed by atoms with Crippen molar-refractivity contribution in [3.8, 4) is 0 Å². The predicted octanol–water partition coefficient (Wildman–Crippen LogP) is 2.93. The predicted molar refractivity (Wildman–Crippen MR) is 82.6 cm³/mol. The van der Waals surface area contributed by atoms with Crippen LogP contribution in [-0.4, -0.2) is 29.5 Å². The standard InChI is InChI=1S/C14H24ClN3O2/c1-3-5-8-18-14(19)13(15)12(11-17-18)16-7-10-20-9-6-4-2/h11,16H,3-10H2,1-2H3. The molecule has 1 heterocycles. The van der Waals surface area contributed by atoms with Crippen molar-refractivity contribution < 1.29 is 4.74 Å². The van der Waals surface area contributed by atoms with Crippen LogP contribution in [0.5, 0.6) is 0 Å². The van der Waals surface area contributed by atoms with Crippen molar-refractivity contribution in [3.05, 3.63) is 21.6 Å². The van der Waals surface area contributed by atoms with Crippen LogP contribution in [0.25, 0.3) is 0 Å². The molecule has 0 spiro atoms. The van der Waals surface area contributed by atoms with Gasteiger partial charge in [0, 0.05) is 19.7 Å². The third-order valence-electron chi connectivity index (χ3n) is 2.91. The Kier molecular flexibility index (Phi) is 8.30. The quantitative estimate of drug-likeness (QED) is 0.675. The van der Waals surface area contributed by atoms with E-state index in [-0.39, 0.29) is 10.6 Å². The molecular weight excluding hydrogens is 278 g/mol. The zero-order valence-electron chi connectivity index (χ0n) is 12.3. The zero-order valence-corrected chi connectivity index (χ0v) is 13.1. The summed E-state index contributed by atoms with van der Waals surface area (Å²) in [4.78, 5) is 12.0. The van der Waals surface area contributed by atoms with Crippen molar-refractivity contribution in [1.29, 1.82) is 0 Å². The number of rotatable bonds is 10. The van der Waals surface area contributed by atoms with Gasteiger partial charge in [-0.15, -0.1) is 0 Å². The fraction of sp³-hybridized carbons (Fsp3) is 0.714. The fourth-order valence-electron chi connectivity index (χ4n) is 1.66. The van der Waals surface area contributed by atoms with Crippen LogP contribution < -0.4 is 10.9 Å². The second kappa shape index (κ2) is 9.77. The number of aryl methyl sites for hydroxylation is 1. The van der Waals surface area contributed by atoms with Crippen molar-refractivity contribution in [2.75, 3.05) is 25.1 Å². The van der Waals surface area contributed by atoms with E-state index in [1.807, 2.05) is 0 Å². The molecule has 0 aliphatic heterocycles. The first kappa shape index (κ1) is 17.0. The van der Waals surface area contributed by atoms with E-state index in [1.165, 1.54) is 4.68 Å². The van der Waals surface area contributed by atoms with Gasteiger partial charge in [-0.05, 0) is 12.8 Å². The van der Waals surface area contributed by atoms with Crippen LogP contribution in [-0.2, 0) is 11.3 Å². The second-order valence-corrected chi connectivity index (χ2v) is 5.02. The number of hydrogen-bond donors (Lipinski definition) is 1. The van der Waals surface area contributed by atoms with Crippen LogP contribution >= 0.6 is 11.6 Å². The highest BCUT2D eigenvalue weighted by Crippen LogP contribution is 2.14. The minimum atomic E-state index is -0.239. The van der Waals surface area contributed by atoms with E-state index in [0.29, 0.717) is 25.4 Å². The van der Waals surface area contributed by atoms with Crippen LogP contribution in [0.1, 0.15) is 39.5 Å². The molecule has 20 heavy (non-hydrogen) atoms. The summed E-state index contributed by atoms with van der Waals surface area (Å²) in [5, 5.41) is 7.40. The Hall–Kier alpha value is -1.07. The molecule has 0 aliphatic rings. The molecule has 1 aromatic heterocycles. The van der Waals surface area contributed by atoms with Crippen LogP contribution in [0.15, 0.2) is 11.0 Å². The summed E-state index contributed by atoms with van der Waals surface area (Å²) >= 11 is 6.06. The molecule has 0 radical (unpaired) electrons. The van der Waals surface area contributed by atoms with Gasteiger partial charge in [-0.2, -0.15) is 5.10 Å². The fourth-order valence-corrected chi connectivity index (χ4v) is 1.87. The Morgan fingerprint density at radius 1 is 1.30 bits per heavy atom. The first-order valence-corrected chi connectivity index (χ1v) is 7.65. The summed E-state index contributed by atoms with van der Waals surface area (Å²) in [5.41, 5.74) is 0.334. The van der Waals surface area contributed by atoms with Gasteiger partial charge in [0.1, 0.15) is 5.02 Å². The molecule has 0 saturated heterocycles. The molecular formula is C14H24ClN3O2. The third-order valence-corrected chi connectivity index (χ3v) is 3.28. The van der Waals surface area contributed by atoms with Gasteiger partial charge in [0.05, 0.1) is 18.5 Å².